The Morgan fingerprint density at radius 1 is 1.44 bits per heavy atom. The maximum atomic E-state index is 5.62. The summed E-state index contributed by atoms with van der Waals surface area (Å²) in [6.07, 6.45) is 0.233. The van der Waals surface area contributed by atoms with Crippen molar-refractivity contribution in [2.45, 2.75) is 26.9 Å². The van der Waals surface area contributed by atoms with Gasteiger partial charge in [-0.05, 0) is 12.8 Å². The molecule has 0 heterocycles. The van der Waals surface area contributed by atoms with Gasteiger partial charge < -0.3 is 4.74 Å². The normalized spacial score (nSPS) is 14.3. The highest BCUT2D eigenvalue weighted by Crippen LogP contribution is 2.07. The standard InChI is InChI=1S/C7H15ClO/c1-4-9-7(5-8)6(2)3/h6-7H,4-5H2,1-3H3/t7-/m1/s1. The van der Waals surface area contributed by atoms with Crippen molar-refractivity contribution in [2.24, 2.45) is 5.92 Å². The number of rotatable bonds is 4. The number of hydrogen-bond donors (Lipinski definition) is 0. The highest BCUT2D eigenvalue weighted by molar-refractivity contribution is 6.18. The van der Waals surface area contributed by atoms with Crippen molar-refractivity contribution in [2.75, 3.05) is 12.5 Å². The molecule has 0 rings (SSSR count). The van der Waals surface area contributed by atoms with Crippen molar-refractivity contribution < 1.29 is 4.74 Å². The molecule has 0 unspecified atom stereocenters. The summed E-state index contributed by atoms with van der Waals surface area (Å²) in [6.45, 7) is 6.98. The van der Waals surface area contributed by atoms with Gasteiger partial charge in [0.1, 0.15) is 0 Å². The largest absolute Gasteiger partial charge is 0.377 e. The van der Waals surface area contributed by atoms with E-state index < -0.39 is 0 Å². The molecule has 0 aromatic heterocycles. The summed E-state index contributed by atoms with van der Waals surface area (Å²) in [4.78, 5) is 0. The highest BCUT2D eigenvalue weighted by atomic mass is 35.5. The van der Waals surface area contributed by atoms with E-state index in [1.165, 1.54) is 0 Å². The van der Waals surface area contributed by atoms with Crippen LogP contribution in [0.2, 0.25) is 0 Å². The monoisotopic (exact) mass is 150 g/mol. The first-order valence-electron chi connectivity index (χ1n) is 3.40. The third kappa shape index (κ3) is 3.77. The molecule has 2 heteroatoms. The van der Waals surface area contributed by atoms with Crippen molar-refractivity contribution in [1.29, 1.82) is 0 Å². The van der Waals surface area contributed by atoms with Gasteiger partial charge in [-0.25, -0.2) is 0 Å². The highest BCUT2D eigenvalue weighted by Gasteiger charge is 2.10. The van der Waals surface area contributed by atoms with Gasteiger partial charge in [-0.1, -0.05) is 13.8 Å². The molecular weight excluding hydrogens is 136 g/mol. The van der Waals surface area contributed by atoms with Crippen molar-refractivity contribution in [3.05, 3.63) is 0 Å². The SMILES string of the molecule is CCO[C@H](CCl)C(C)C. The van der Waals surface area contributed by atoms with E-state index in [9.17, 15) is 0 Å². The summed E-state index contributed by atoms with van der Waals surface area (Å²) in [5, 5.41) is 0. The van der Waals surface area contributed by atoms with Crippen LogP contribution in [0.4, 0.5) is 0 Å². The molecule has 0 radical (unpaired) electrons. The van der Waals surface area contributed by atoms with Gasteiger partial charge in [0.15, 0.2) is 0 Å². The molecule has 0 aliphatic rings. The summed E-state index contributed by atoms with van der Waals surface area (Å²) < 4.78 is 5.32. The molecule has 1 nitrogen and oxygen atoms in total. The van der Waals surface area contributed by atoms with Crippen molar-refractivity contribution in [1.82, 2.24) is 0 Å². The van der Waals surface area contributed by atoms with Crippen molar-refractivity contribution in [3.8, 4) is 0 Å². The average Bonchev–Trinajstić information content (AvgIpc) is 1.82. The third-order valence-electron chi connectivity index (χ3n) is 1.28. The first-order chi connectivity index (χ1) is 4.22. The Morgan fingerprint density at radius 3 is 2.11 bits per heavy atom. The van der Waals surface area contributed by atoms with E-state index in [0.29, 0.717) is 11.8 Å². The third-order valence-corrected chi connectivity index (χ3v) is 1.58. The predicted octanol–water partition coefficient (Wildman–Crippen LogP) is 2.29. The fraction of sp³-hybridized carbons (Fsp3) is 1.00. The van der Waals surface area contributed by atoms with Gasteiger partial charge >= 0.3 is 0 Å². The second-order valence-electron chi connectivity index (χ2n) is 2.39. The molecule has 0 fully saturated rings. The Balaban J connectivity index is 3.41. The summed E-state index contributed by atoms with van der Waals surface area (Å²) in [7, 11) is 0. The fourth-order valence-corrected chi connectivity index (χ4v) is 1.07. The Kier molecular flexibility index (Phi) is 5.21. The first kappa shape index (κ1) is 9.25. The van der Waals surface area contributed by atoms with Gasteiger partial charge in [-0.15, -0.1) is 11.6 Å². The Bertz CT molecular complexity index is 63.9. The van der Waals surface area contributed by atoms with E-state index in [0.717, 1.165) is 6.61 Å². The van der Waals surface area contributed by atoms with Crippen LogP contribution in [0.1, 0.15) is 20.8 Å². The van der Waals surface area contributed by atoms with Gasteiger partial charge in [-0.2, -0.15) is 0 Å². The zero-order valence-electron chi connectivity index (χ0n) is 6.36. The molecule has 0 saturated heterocycles. The Morgan fingerprint density at radius 2 is 2.00 bits per heavy atom. The minimum absolute atomic E-state index is 0.233. The van der Waals surface area contributed by atoms with Crippen molar-refractivity contribution in [3.63, 3.8) is 0 Å². The van der Waals surface area contributed by atoms with Crippen LogP contribution in [0.3, 0.4) is 0 Å². The topological polar surface area (TPSA) is 9.23 Å². The summed E-state index contributed by atoms with van der Waals surface area (Å²) >= 11 is 5.62. The van der Waals surface area contributed by atoms with Gasteiger partial charge in [0.2, 0.25) is 0 Å². The lowest BCUT2D eigenvalue weighted by molar-refractivity contribution is 0.0468. The van der Waals surface area contributed by atoms with Crippen molar-refractivity contribution >= 4 is 11.6 Å². The lowest BCUT2D eigenvalue weighted by Gasteiger charge is -2.16. The van der Waals surface area contributed by atoms with Crippen LogP contribution in [0.25, 0.3) is 0 Å². The molecule has 0 spiro atoms. The van der Waals surface area contributed by atoms with Crippen LogP contribution < -0.4 is 0 Å². The molecule has 0 amide bonds. The maximum absolute atomic E-state index is 5.62. The van der Waals surface area contributed by atoms with E-state index in [1.54, 1.807) is 0 Å². The lowest BCUT2D eigenvalue weighted by Crippen LogP contribution is -2.21. The van der Waals surface area contributed by atoms with Crippen LogP contribution in [-0.4, -0.2) is 18.6 Å². The molecule has 0 N–H and O–H groups in total. The van der Waals surface area contributed by atoms with Crippen LogP contribution in [0, 0.1) is 5.92 Å². The number of hydrogen-bond acceptors (Lipinski definition) is 1. The zero-order valence-corrected chi connectivity index (χ0v) is 7.11. The van der Waals surface area contributed by atoms with Crippen LogP contribution in [0.15, 0.2) is 0 Å². The van der Waals surface area contributed by atoms with Crippen LogP contribution in [0.5, 0.6) is 0 Å². The minimum Gasteiger partial charge on any atom is -0.377 e. The van der Waals surface area contributed by atoms with Gasteiger partial charge in [0, 0.05) is 12.5 Å². The van der Waals surface area contributed by atoms with E-state index in [-0.39, 0.29) is 6.10 Å². The van der Waals surface area contributed by atoms with E-state index >= 15 is 0 Å². The van der Waals surface area contributed by atoms with E-state index in [1.807, 2.05) is 6.92 Å². The molecule has 0 saturated carbocycles. The lowest BCUT2D eigenvalue weighted by atomic mass is 10.1. The van der Waals surface area contributed by atoms with Crippen LogP contribution in [-0.2, 0) is 4.74 Å². The summed E-state index contributed by atoms with van der Waals surface area (Å²) in [5.74, 6) is 1.13. The maximum Gasteiger partial charge on any atom is 0.0733 e. The molecule has 0 bridgehead atoms. The molecule has 1 atom stereocenters. The van der Waals surface area contributed by atoms with Gasteiger partial charge in [0.05, 0.1) is 6.10 Å². The van der Waals surface area contributed by atoms with E-state index in [4.69, 9.17) is 16.3 Å². The Labute approximate surface area is 62.3 Å². The van der Waals surface area contributed by atoms with Crippen LogP contribution >= 0.6 is 11.6 Å². The quantitative estimate of drug-likeness (QED) is 0.559. The molecule has 0 aliphatic carbocycles. The number of halogens is 1. The molecule has 56 valence electrons. The summed E-state index contributed by atoms with van der Waals surface area (Å²) in [5.41, 5.74) is 0. The summed E-state index contributed by atoms with van der Waals surface area (Å²) in [6, 6.07) is 0. The first-order valence-corrected chi connectivity index (χ1v) is 3.93. The molecule has 0 aromatic rings. The average molecular weight is 151 g/mol. The molecule has 0 aromatic carbocycles. The van der Waals surface area contributed by atoms with Gasteiger partial charge in [0.25, 0.3) is 0 Å². The fourth-order valence-electron chi connectivity index (χ4n) is 0.629. The molecular formula is C7H15ClO. The molecule has 0 aliphatic heterocycles. The number of alkyl halides is 1. The second kappa shape index (κ2) is 5.07. The smallest absolute Gasteiger partial charge is 0.0733 e. The van der Waals surface area contributed by atoms with E-state index in [2.05, 4.69) is 13.8 Å². The predicted molar refractivity (Wildman–Crippen MR) is 41.0 cm³/mol. The Hall–Kier alpha value is 0.250. The second-order valence-corrected chi connectivity index (χ2v) is 2.70. The molecule has 9 heavy (non-hydrogen) atoms. The zero-order chi connectivity index (χ0) is 7.28. The number of ether oxygens (including phenoxy) is 1. The minimum atomic E-state index is 0.233. The van der Waals surface area contributed by atoms with Gasteiger partial charge in [-0.3, -0.25) is 0 Å².